The molecule has 0 saturated carbocycles. The summed E-state index contributed by atoms with van der Waals surface area (Å²) in [6, 6.07) is 7.98. The van der Waals surface area contributed by atoms with Crippen molar-refractivity contribution >= 4 is 0 Å². The Bertz CT molecular complexity index is 493. The summed E-state index contributed by atoms with van der Waals surface area (Å²) in [5, 5.41) is 0. The van der Waals surface area contributed by atoms with Gasteiger partial charge in [-0.05, 0) is 61.5 Å². The first-order valence-electron chi connectivity index (χ1n) is 8.48. The number of benzene rings is 1. The third kappa shape index (κ3) is 3.32. The molecule has 0 N–H and O–H groups in total. The molecule has 0 aliphatic carbocycles. The lowest BCUT2D eigenvalue weighted by Gasteiger charge is -2.40. The van der Waals surface area contributed by atoms with Crippen LogP contribution in [0.2, 0.25) is 0 Å². The molecule has 1 saturated heterocycles. The van der Waals surface area contributed by atoms with Gasteiger partial charge in [-0.2, -0.15) is 0 Å². The van der Waals surface area contributed by atoms with Gasteiger partial charge in [0.2, 0.25) is 0 Å². The van der Waals surface area contributed by atoms with E-state index in [0.29, 0.717) is 0 Å². The topological polar surface area (TPSA) is 6.48 Å². The fourth-order valence-electron chi connectivity index (χ4n) is 3.72. The van der Waals surface area contributed by atoms with Gasteiger partial charge in [0.15, 0.2) is 0 Å². The molecule has 1 aromatic rings. The zero-order valence-electron chi connectivity index (χ0n) is 14.2. The van der Waals surface area contributed by atoms with Gasteiger partial charge in [-0.15, -0.1) is 0 Å². The molecule has 0 aromatic heterocycles. The Labute approximate surface area is 130 Å². The van der Waals surface area contributed by atoms with Gasteiger partial charge in [0.1, 0.15) is 0 Å². The molecule has 1 aromatic carbocycles. The van der Waals surface area contributed by atoms with Crippen LogP contribution in [0.4, 0.5) is 0 Å². The minimum atomic E-state index is 0.255. The van der Waals surface area contributed by atoms with Crippen molar-refractivity contribution in [2.75, 3.05) is 26.7 Å². The second-order valence-corrected chi connectivity index (χ2v) is 7.99. The highest BCUT2D eigenvalue weighted by Gasteiger charge is 2.27. The summed E-state index contributed by atoms with van der Waals surface area (Å²) in [6.45, 7) is 11.9. The van der Waals surface area contributed by atoms with E-state index >= 15 is 0 Å². The van der Waals surface area contributed by atoms with E-state index < -0.39 is 0 Å². The van der Waals surface area contributed by atoms with Gasteiger partial charge < -0.3 is 4.90 Å². The van der Waals surface area contributed by atoms with Crippen LogP contribution in [0.1, 0.15) is 50.3 Å². The molecule has 2 heteroatoms. The molecule has 0 atom stereocenters. The van der Waals surface area contributed by atoms with E-state index in [9.17, 15) is 0 Å². The number of nitrogens with zero attached hydrogens (tertiary/aromatic N) is 2. The molecular formula is C19H30N2. The van der Waals surface area contributed by atoms with Crippen LogP contribution in [-0.4, -0.2) is 42.5 Å². The second-order valence-electron chi connectivity index (χ2n) is 7.99. The van der Waals surface area contributed by atoms with Crippen molar-refractivity contribution in [3.63, 3.8) is 0 Å². The minimum Gasteiger partial charge on any atom is -0.306 e. The van der Waals surface area contributed by atoms with Crippen molar-refractivity contribution in [2.45, 2.75) is 58.0 Å². The lowest BCUT2D eigenvalue weighted by atomic mass is 9.84. The summed E-state index contributed by atoms with van der Waals surface area (Å²) in [7, 11) is 2.25. The average Bonchev–Trinajstić information content (AvgIpc) is 2.46. The fraction of sp³-hybridized carbons (Fsp3) is 0.684. The summed E-state index contributed by atoms with van der Waals surface area (Å²) in [4.78, 5) is 5.20. The highest BCUT2D eigenvalue weighted by atomic mass is 15.2. The molecule has 0 radical (unpaired) electrons. The molecule has 0 spiro atoms. The molecular weight excluding hydrogens is 256 g/mol. The third-order valence-electron chi connectivity index (χ3n) is 5.32. The minimum absolute atomic E-state index is 0.255. The van der Waals surface area contributed by atoms with Crippen molar-refractivity contribution in [1.82, 2.24) is 9.80 Å². The predicted molar refractivity (Wildman–Crippen MR) is 89.8 cm³/mol. The number of fused-ring (bicyclic) bond motifs is 1. The predicted octanol–water partition coefficient (Wildman–Crippen LogP) is 3.44. The molecule has 116 valence electrons. The number of rotatable bonds is 1. The summed E-state index contributed by atoms with van der Waals surface area (Å²) in [5.74, 6) is 0. The SMILES string of the molecule is CN1CCC(N2CCc3ccc(C(C)(C)C)cc3C2)CC1. The molecule has 0 bridgehead atoms. The molecule has 2 aliphatic heterocycles. The van der Waals surface area contributed by atoms with Gasteiger partial charge in [-0.25, -0.2) is 0 Å². The zero-order valence-corrected chi connectivity index (χ0v) is 14.2. The van der Waals surface area contributed by atoms with Crippen molar-refractivity contribution in [2.24, 2.45) is 0 Å². The Hall–Kier alpha value is -0.860. The van der Waals surface area contributed by atoms with Crippen LogP contribution in [0.15, 0.2) is 18.2 Å². The molecule has 0 unspecified atom stereocenters. The van der Waals surface area contributed by atoms with Crippen molar-refractivity contribution < 1.29 is 0 Å². The van der Waals surface area contributed by atoms with Gasteiger partial charge in [-0.1, -0.05) is 39.0 Å². The zero-order chi connectivity index (χ0) is 15.0. The maximum absolute atomic E-state index is 2.74. The Kier molecular flexibility index (Phi) is 4.11. The normalized spacial score (nSPS) is 22.3. The Morgan fingerprint density at radius 3 is 2.38 bits per heavy atom. The lowest BCUT2D eigenvalue weighted by Crippen LogP contribution is -2.45. The second kappa shape index (κ2) is 5.73. The van der Waals surface area contributed by atoms with Gasteiger partial charge in [0, 0.05) is 19.1 Å². The van der Waals surface area contributed by atoms with Gasteiger partial charge in [0.25, 0.3) is 0 Å². The Morgan fingerprint density at radius 1 is 1.00 bits per heavy atom. The van der Waals surface area contributed by atoms with Gasteiger partial charge in [0.05, 0.1) is 0 Å². The van der Waals surface area contributed by atoms with Crippen LogP contribution in [0.3, 0.4) is 0 Å². The van der Waals surface area contributed by atoms with Gasteiger partial charge in [-0.3, -0.25) is 4.90 Å². The first-order chi connectivity index (χ1) is 9.93. The molecule has 2 nitrogen and oxygen atoms in total. The van der Waals surface area contributed by atoms with E-state index in [0.717, 1.165) is 12.6 Å². The van der Waals surface area contributed by atoms with Crippen molar-refractivity contribution in [3.05, 3.63) is 34.9 Å². The monoisotopic (exact) mass is 286 g/mol. The number of hydrogen-bond donors (Lipinski definition) is 0. The highest BCUT2D eigenvalue weighted by Crippen LogP contribution is 2.29. The molecule has 1 fully saturated rings. The van der Waals surface area contributed by atoms with Crippen LogP contribution in [0.5, 0.6) is 0 Å². The van der Waals surface area contributed by atoms with Gasteiger partial charge >= 0.3 is 0 Å². The number of piperidine rings is 1. The third-order valence-corrected chi connectivity index (χ3v) is 5.32. The largest absolute Gasteiger partial charge is 0.306 e. The lowest BCUT2D eigenvalue weighted by molar-refractivity contribution is 0.109. The first-order valence-corrected chi connectivity index (χ1v) is 8.48. The molecule has 0 amide bonds. The summed E-state index contributed by atoms with van der Waals surface area (Å²) < 4.78 is 0. The van der Waals surface area contributed by atoms with Crippen LogP contribution >= 0.6 is 0 Å². The average molecular weight is 286 g/mol. The quantitative estimate of drug-likeness (QED) is 0.780. The van der Waals surface area contributed by atoms with E-state index in [1.807, 2.05) is 0 Å². The van der Waals surface area contributed by atoms with E-state index in [2.05, 4.69) is 55.8 Å². The van der Waals surface area contributed by atoms with Crippen LogP contribution < -0.4 is 0 Å². The Balaban J connectivity index is 1.75. The molecule has 2 heterocycles. The highest BCUT2D eigenvalue weighted by molar-refractivity contribution is 5.36. The standard InChI is InChI=1S/C19H30N2/c1-19(2,3)17-6-5-15-7-12-21(14-16(15)13-17)18-8-10-20(4)11-9-18/h5-6,13,18H,7-12,14H2,1-4H3. The fourth-order valence-corrected chi connectivity index (χ4v) is 3.72. The van der Waals surface area contributed by atoms with Crippen LogP contribution in [0.25, 0.3) is 0 Å². The maximum atomic E-state index is 2.74. The van der Waals surface area contributed by atoms with E-state index in [4.69, 9.17) is 0 Å². The molecule has 2 aliphatic rings. The Morgan fingerprint density at radius 2 is 1.71 bits per heavy atom. The summed E-state index contributed by atoms with van der Waals surface area (Å²) in [5.41, 5.74) is 4.89. The van der Waals surface area contributed by atoms with Crippen molar-refractivity contribution in [3.8, 4) is 0 Å². The van der Waals surface area contributed by atoms with E-state index in [1.54, 1.807) is 11.1 Å². The van der Waals surface area contributed by atoms with Crippen LogP contribution in [-0.2, 0) is 18.4 Å². The van der Waals surface area contributed by atoms with Crippen LogP contribution in [0, 0.1) is 0 Å². The van der Waals surface area contributed by atoms with Crippen molar-refractivity contribution in [1.29, 1.82) is 0 Å². The summed E-state index contributed by atoms with van der Waals surface area (Å²) >= 11 is 0. The molecule has 3 rings (SSSR count). The number of likely N-dealkylation sites (tertiary alicyclic amines) is 1. The smallest absolute Gasteiger partial charge is 0.0239 e. The number of hydrogen-bond acceptors (Lipinski definition) is 2. The van der Waals surface area contributed by atoms with E-state index in [-0.39, 0.29) is 5.41 Å². The van der Waals surface area contributed by atoms with E-state index in [1.165, 1.54) is 44.5 Å². The maximum Gasteiger partial charge on any atom is 0.0239 e. The molecule has 21 heavy (non-hydrogen) atoms. The first kappa shape index (κ1) is 15.1. The summed E-state index contributed by atoms with van der Waals surface area (Å²) in [6.07, 6.45) is 3.90.